The van der Waals surface area contributed by atoms with Crippen LogP contribution in [0, 0.1) is 0 Å². The van der Waals surface area contributed by atoms with Gasteiger partial charge < -0.3 is 15.7 Å². The zero-order valence-electron chi connectivity index (χ0n) is 11.0. The van der Waals surface area contributed by atoms with Crippen molar-refractivity contribution < 1.29 is 9.90 Å². The summed E-state index contributed by atoms with van der Waals surface area (Å²) in [6.07, 6.45) is 0. The fourth-order valence-electron chi connectivity index (χ4n) is 2.10. The lowest BCUT2D eigenvalue weighted by Crippen LogP contribution is -2.20. The van der Waals surface area contributed by atoms with E-state index in [1.165, 1.54) is 0 Å². The first-order valence-corrected chi connectivity index (χ1v) is 6.44. The van der Waals surface area contributed by atoms with Crippen LogP contribution in [0.1, 0.15) is 15.9 Å². The molecule has 0 aliphatic carbocycles. The van der Waals surface area contributed by atoms with Gasteiger partial charge in [-0.3, -0.25) is 0 Å². The summed E-state index contributed by atoms with van der Waals surface area (Å²) in [4.78, 5) is 13.1. The van der Waals surface area contributed by atoms with Crippen molar-refractivity contribution in [1.29, 1.82) is 0 Å². The Kier molecular flexibility index (Phi) is 4.15. The Morgan fingerprint density at radius 1 is 1.25 bits per heavy atom. The van der Waals surface area contributed by atoms with Crippen LogP contribution in [0.3, 0.4) is 0 Å². The predicted octanol–water partition coefficient (Wildman–Crippen LogP) is 3.26. The average molecular weight is 291 g/mol. The lowest BCUT2D eigenvalue weighted by atomic mass is 10.1. The molecule has 5 heteroatoms. The number of hydrogen-bond acceptors (Lipinski definition) is 3. The molecule has 4 nitrogen and oxygen atoms in total. The molecule has 2 aromatic carbocycles. The molecule has 0 atom stereocenters. The van der Waals surface area contributed by atoms with E-state index >= 15 is 0 Å². The second-order valence-electron chi connectivity index (χ2n) is 4.53. The molecule has 0 aliphatic heterocycles. The monoisotopic (exact) mass is 290 g/mol. The van der Waals surface area contributed by atoms with Gasteiger partial charge in [0.2, 0.25) is 0 Å². The van der Waals surface area contributed by atoms with Gasteiger partial charge >= 0.3 is 5.97 Å². The summed E-state index contributed by atoms with van der Waals surface area (Å²) >= 11 is 5.85. The van der Waals surface area contributed by atoms with Crippen LogP contribution in [0.2, 0.25) is 5.02 Å². The van der Waals surface area contributed by atoms with Gasteiger partial charge in [0.15, 0.2) is 0 Å². The molecule has 0 bridgehead atoms. The lowest BCUT2D eigenvalue weighted by molar-refractivity contribution is 0.0697. The van der Waals surface area contributed by atoms with Gasteiger partial charge in [0.25, 0.3) is 0 Å². The first-order valence-electron chi connectivity index (χ1n) is 6.06. The Balaban J connectivity index is 2.31. The number of aromatic carboxylic acids is 1. The van der Waals surface area contributed by atoms with Crippen LogP contribution in [0.5, 0.6) is 0 Å². The van der Waals surface area contributed by atoms with Crippen LogP contribution in [0.25, 0.3) is 0 Å². The number of para-hydroxylation sites is 1. The van der Waals surface area contributed by atoms with Crippen LogP contribution >= 0.6 is 11.6 Å². The number of carboxylic acid groups (broad SMARTS) is 1. The molecule has 0 amide bonds. The molecular weight excluding hydrogens is 276 g/mol. The maximum atomic E-state index is 11.3. The SMILES string of the molecule is CN(Cc1ccc(Cl)cc1)c1c(N)cccc1C(=O)O. The molecule has 2 aromatic rings. The first kappa shape index (κ1) is 14.2. The fourth-order valence-corrected chi connectivity index (χ4v) is 2.23. The van der Waals surface area contributed by atoms with Gasteiger partial charge in [0.05, 0.1) is 16.9 Å². The van der Waals surface area contributed by atoms with Gasteiger partial charge in [-0.05, 0) is 29.8 Å². The number of anilines is 2. The van der Waals surface area contributed by atoms with Crippen LogP contribution < -0.4 is 10.6 Å². The zero-order valence-corrected chi connectivity index (χ0v) is 11.8. The third-order valence-corrected chi connectivity index (χ3v) is 3.26. The molecule has 2 rings (SSSR count). The van der Waals surface area contributed by atoms with E-state index < -0.39 is 5.97 Å². The number of nitrogens with two attached hydrogens (primary N) is 1. The number of hydrogen-bond donors (Lipinski definition) is 2. The van der Waals surface area contributed by atoms with Gasteiger partial charge in [-0.25, -0.2) is 4.79 Å². The third-order valence-electron chi connectivity index (χ3n) is 3.01. The molecule has 0 aliphatic rings. The minimum Gasteiger partial charge on any atom is -0.478 e. The smallest absolute Gasteiger partial charge is 0.337 e. The number of rotatable bonds is 4. The predicted molar refractivity (Wildman–Crippen MR) is 81.4 cm³/mol. The topological polar surface area (TPSA) is 66.6 Å². The van der Waals surface area contributed by atoms with Crippen molar-refractivity contribution in [2.24, 2.45) is 0 Å². The van der Waals surface area contributed by atoms with Crippen molar-refractivity contribution in [3.8, 4) is 0 Å². The molecule has 20 heavy (non-hydrogen) atoms. The molecule has 104 valence electrons. The highest BCUT2D eigenvalue weighted by atomic mass is 35.5. The van der Waals surface area contributed by atoms with Crippen LogP contribution in [0.15, 0.2) is 42.5 Å². The largest absolute Gasteiger partial charge is 0.478 e. The summed E-state index contributed by atoms with van der Waals surface area (Å²) in [5.74, 6) is -0.991. The normalized spacial score (nSPS) is 10.3. The molecule has 0 radical (unpaired) electrons. The van der Waals surface area contributed by atoms with Crippen molar-refractivity contribution >= 4 is 28.9 Å². The molecule has 0 fully saturated rings. The van der Waals surface area contributed by atoms with Gasteiger partial charge in [-0.1, -0.05) is 29.8 Å². The van der Waals surface area contributed by atoms with Gasteiger partial charge in [-0.15, -0.1) is 0 Å². The van der Waals surface area contributed by atoms with Crippen molar-refractivity contribution in [3.63, 3.8) is 0 Å². The summed E-state index contributed by atoms with van der Waals surface area (Å²) in [6.45, 7) is 0.547. The molecule has 0 heterocycles. The number of carboxylic acids is 1. The van der Waals surface area contributed by atoms with E-state index in [4.69, 9.17) is 17.3 Å². The van der Waals surface area contributed by atoms with E-state index in [1.807, 2.05) is 24.1 Å². The Bertz CT molecular complexity index is 626. The first-order chi connectivity index (χ1) is 9.49. The third kappa shape index (κ3) is 3.03. The van der Waals surface area contributed by atoms with Gasteiger partial charge in [-0.2, -0.15) is 0 Å². The zero-order chi connectivity index (χ0) is 14.7. The minimum absolute atomic E-state index is 0.196. The number of halogens is 1. The summed E-state index contributed by atoms with van der Waals surface area (Å²) < 4.78 is 0. The molecule has 0 saturated heterocycles. The van der Waals surface area contributed by atoms with E-state index in [0.717, 1.165) is 5.56 Å². The summed E-state index contributed by atoms with van der Waals surface area (Å²) in [6, 6.07) is 12.3. The van der Waals surface area contributed by atoms with E-state index in [0.29, 0.717) is 22.9 Å². The Morgan fingerprint density at radius 2 is 1.90 bits per heavy atom. The van der Waals surface area contributed by atoms with E-state index in [1.54, 1.807) is 30.3 Å². The molecular formula is C15H15ClN2O2. The summed E-state index contributed by atoms with van der Waals surface area (Å²) in [5.41, 5.74) is 8.10. The summed E-state index contributed by atoms with van der Waals surface area (Å²) in [7, 11) is 1.81. The van der Waals surface area contributed by atoms with Gasteiger partial charge in [0.1, 0.15) is 0 Å². The molecule has 3 N–H and O–H groups in total. The highest BCUT2D eigenvalue weighted by molar-refractivity contribution is 6.30. The van der Waals surface area contributed by atoms with Crippen LogP contribution in [0.4, 0.5) is 11.4 Å². The molecule has 0 saturated carbocycles. The second kappa shape index (κ2) is 5.84. The Labute approximate surface area is 122 Å². The van der Waals surface area contributed by atoms with Crippen LogP contribution in [-0.2, 0) is 6.54 Å². The second-order valence-corrected chi connectivity index (χ2v) is 4.97. The van der Waals surface area contributed by atoms with E-state index in [9.17, 15) is 9.90 Å². The number of nitrogen functional groups attached to an aromatic ring is 1. The highest BCUT2D eigenvalue weighted by Crippen LogP contribution is 2.28. The maximum absolute atomic E-state index is 11.3. The van der Waals surface area contributed by atoms with Crippen LogP contribution in [-0.4, -0.2) is 18.1 Å². The average Bonchev–Trinajstić information content (AvgIpc) is 2.40. The minimum atomic E-state index is -0.991. The lowest BCUT2D eigenvalue weighted by Gasteiger charge is -2.23. The van der Waals surface area contributed by atoms with E-state index in [-0.39, 0.29) is 5.56 Å². The van der Waals surface area contributed by atoms with Crippen molar-refractivity contribution in [2.45, 2.75) is 6.54 Å². The number of nitrogens with zero attached hydrogens (tertiary/aromatic N) is 1. The quantitative estimate of drug-likeness (QED) is 0.848. The number of carbonyl (C=O) groups is 1. The summed E-state index contributed by atoms with van der Waals surface area (Å²) in [5, 5.41) is 9.91. The maximum Gasteiger partial charge on any atom is 0.337 e. The highest BCUT2D eigenvalue weighted by Gasteiger charge is 2.16. The standard InChI is InChI=1S/C15H15ClN2O2/c1-18(9-10-5-7-11(16)8-6-10)14-12(15(19)20)3-2-4-13(14)17/h2-8H,9,17H2,1H3,(H,19,20). The van der Waals surface area contributed by atoms with Crippen molar-refractivity contribution in [3.05, 3.63) is 58.6 Å². The van der Waals surface area contributed by atoms with Gasteiger partial charge in [0, 0.05) is 18.6 Å². The van der Waals surface area contributed by atoms with Crippen molar-refractivity contribution in [2.75, 3.05) is 17.7 Å². The molecule has 0 unspecified atom stereocenters. The Hall–Kier alpha value is -2.20. The number of benzene rings is 2. The van der Waals surface area contributed by atoms with Crippen molar-refractivity contribution in [1.82, 2.24) is 0 Å². The Morgan fingerprint density at radius 3 is 2.50 bits per heavy atom. The molecule has 0 spiro atoms. The fraction of sp³-hybridized carbons (Fsp3) is 0.133. The van der Waals surface area contributed by atoms with E-state index in [2.05, 4.69) is 0 Å². The molecule has 0 aromatic heterocycles.